The Balaban J connectivity index is 1.67. The molecule has 1 aromatic rings. The van der Waals surface area contributed by atoms with E-state index in [0.29, 0.717) is 16.5 Å². The molecular formula is C15H20F3N3O. The van der Waals surface area contributed by atoms with Gasteiger partial charge in [-0.1, -0.05) is 6.42 Å². The Hall–Kier alpha value is -1.53. The van der Waals surface area contributed by atoms with E-state index >= 15 is 0 Å². The number of hydrogen-bond donors (Lipinski definition) is 1. The minimum atomic E-state index is -4.50. The van der Waals surface area contributed by atoms with Crippen molar-refractivity contribution in [1.82, 2.24) is 15.1 Å². The second-order valence-electron chi connectivity index (χ2n) is 6.64. The van der Waals surface area contributed by atoms with Gasteiger partial charge in [-0.25, -0.2) is 0 Å². The van der Waals surface area contributed by atoms with Crippen LogP contribution in [0.4, 0.5) is 13.2 Å². The van der Waals surface area contributed by atoms with Crippen molar-refractivity contribution in [3.8, 4) is 0 Å². The minimum absolute atomic E-state index is 0.0286. The molecule has 2 aliphatic rings. The number of carbonyl (C=O) groups is 1. The molecule has 0 radical (unpaired) electrons. The number of halogens is 3. The number of hydrogen-bond acceptors (Lipinski definition) is 2. The van der Waals surface area contributed by atoms with Gasteiger partial charge in [0.25, 0.3) is 5.91 Å². The lowest BCUT2D eigenvalue weighted by atomic mass is 9.84. The van der Waals surface area contributed by atoms with Gasteiger partial charge in [-0.3, -0.25) is 9.48 Å². The van der Waals surface area contributed by atoms with Gasteiger partial charge in [0.05, 0.1) is 0 Å². The molecule has 2 bridgehead atoms. The van der Waals surface area contributed by atoms with Crippen LogP contribution < -0.4 is 5.32 Å². The van der Waals surface area contributed by atoms with Crippen molar-refractivity contribution in [3.63, 3.8) is 0 Å². The van der Waals surface area contributed by atoms with Crippen molar-refractivity contribution in [1.29, 1.82) is 0 Å². The van der Waals surface area contributed by atoms with E-state index in [-0.39, 0.29) is 11.7 Å². The summed E-state index contributed by atoms with van der Waals surface area (Å²) in [4.78, 5) is 12.2. The molecule has 0 aliphatic heterocycles. The van der Waals surface area contributed by atoms with Crippen molar-refractivity contribution in [3.05, 3.63) is 17.5 Å². The van der Waals surface area contributed by atoms with Crippen molar-refractivity contribution >= 4 is 5.91 Å². The number of amides is 1. The zero-order valence-electron chi connectivity index (χ0n) is 12.7. The zero-order chi connectivity index (χ0) is 16.1. The fourth-order valence-electron chi connectivity index (χ4n) is 4.14. The Morgan fingerprint density at radius 1 is 1.41 bits per heavy atom. The number of fused-ring (bicyclic) bond motifs is 2. The number of aryl methyl sites for hydroxylation is 1. The van der Waals surface area contributed by atoms with E-state index in [1.54, 1.807) is 0 Å². The molecule has 0 aromatic carbocycles. The Bertz CT molecular complexity index is 581. The van der Waals surface area contributed by atoms with Crippen LogP contribution >= 0.6 is 0 Å². The van der Waals surface area contributed by atoms with Gasteiger partial charge in [0.1, 0.15) is 5.69 Å². The molecule has 1 heterocycles. The summed E-state index contributed by atoms with van der Waals surface area (Å²) in [6.07, 6.45) is 0.319. The predicted octanol–water partition coefficient (Wildman–Crippen LogP) is 2.99. The highest BCUT2D eigenvalue weighted by Crippen LogP contribution is 2.49. The standard InChI is InChI=1S/C15H20F3N3O/c1-8(11-6-9-3-4-10(11)5-9)19-14(22)12-7-13(15(16,17)18)21(2)20-12/h7-11H,3-6H2,1-2H3,(H,19,22)/t8-,9+,10+,11+/m1/s1. The number of alkyl halides is 3. The molecular weight excluding hydrogens is 295 g/mol. The van der Waals surface area contributed by atoms with E-state index in [1.165, 1.54) is 26.3 Å². The first-order chi connectivity index (χ1) is 10.3. The Kier molecular flexibility index (Phi) is 3.69. The van der Waals surface area contributed by atoms with Crippen LogP contribution in [-0.2, 0) is 13.2 Å². The lowest BCUT2D eigenvalue weighted by molar-refractivity contribution is -0.143. The van der Waals surface area contributed by atoms with Gasteiger partial charge in [0, 0.05) is 19.2 Å². The van der Waals surface area contributed by atoms with Gasteiger partial charge >= 0.3 is 6.18 Å². The molecule has 1 N–H and O–H groups in total. The van der Waals surface area contributed by atoms with E-state index in [2.05, 4.69) is 10.4 Å². The molecule has 4 atom stereocenters. The lowest BCUT2D eigenvalue weighted by Gasteiger charge is -2.28. The monoisotopic (exact) mass is 315 g/mol. The third-order valence-electron chi connectivity index (χ3n) is 5.20. The van der Waals surface area contributed by atoms with Crippen LogP contribution in [0, 0.1) is 17.8 Å². The number of aromatic nitrogens is 2. The molecule has 3 rings (SSSR count). The van der Waals surface area contributed by atoms with E-state index in [1.807, 2.05) is 6.92 Å². The van der Waals surface area contributed by atoms with Crippen LogP contribution in [0.2, 0.25) is 0 Å². The summed E-state index contributed by atoms with van der Waals surface area (Å²) in [5.74, 6) is 1.32. The van der Waals surface area contributed by atoms with Gasteiger partial charge in [-0.2, -0.15) is 18.3 Å². The molecule has 0 unspecified atom stereocenters. The van der Waals surface area contributed by atoms with E-state index in [9.17, 15) is 18.0 Å². The maximum Gasteiger partial charge on any atom is 0.433 e. The average Bonchev–Trinajstić information content (AvgIpc) is 3.11. The molecule has 2 fully saturated rings. The van der Waals surface area contributed by atoms with Crippen LogP contribution in [-0.4, -0.2) is 21.7 Å². The number of rotatable bonds is 3. The van der Waals surface area contributed by atoms with E-state index in [4.69, 9.17) is 0 Å². The summed E-state index contributed by atoms with van der Waals surface area (Å²) in [5, 5.41) is 6.52. The van der Waals surface area contributed by atoms with Crippen molar-refractivity contribution in [2.75, 3.05) is 0 Å². The summed E-state index contributed by atoms with van der Waals surface area (Å²) in [5.41, 5.74) is -1.09. The van der Waals surface area contributed by atoms with E-state index in [0.717, 1.165) is 18.4 Å². The second-order valence-corrected chi connectivity index (χ2v) is 6.64. The maximum absolute atomic E-state index is 12.7. The molecule has 4 nitrogen and oxygen atoms in total. The molecule has 22 heavy (non-hydrogen) atoms. The molecule has 2 saturated carbocycles. The first kappa shape index (κ1) is 15.4. The highest BCUT2D eigenvalue weighted by atomic mass is 19.4. The summed E-state index contributed by atoms with van der Waals surface area (Å²) in [6.45, 7) is 1.94. The number of nitrogens with one attached hydrogen (secondary N) is 1. The summed E-state index contributed by atoms with van der Waals surface area (Å²) in [7, 11) is 1.19. The fourth-order valence-corrected chi connectivity index (χ4v) is 4.14. The predicted molar refractivity (Wildman–Crippen MR) is 74.1 cm³/mol. The second kappa shape index (κ2) is 5.28. The lowest BCUT2D eigenvalue weighted by Crippen LogP contribution is -2.40. The normalized spacial score (nSPS) is 28.9. The van der Waals surface area contributed by atoms with E-state index < -0.39 is 17.8 Å². The number of nitrogens with zero attached hydrogens (tertiary/aromatic N) is 2. The van der Waals surface area contributed by atoms with Gasteiger partial charge < -0.3 is 5.32 Å². The first-order valence-electron chi connectivity index (χ1n) is 7.68. The summed E-state index contributed by atoms with van der Waals surface area (Å²) in [6, 6.07) is 0.780. The summed E-state index contributed by atoms with van der Waals surface area (Å²) < 4.78 is 38.9. The minimum Gasteiger partial charge on any atom is -0.348 e. The molecule has 2 aliphatic carbocycles. The molecule has 122 valence electrons. The Labute approximate surface area is 127 Å². The topological polar surface area (TPSA) is 46.9 Å². The van der Waals surface area contributed by atoms with Gasteiger partial charge in [-0.05, 0) is 43.9 Å². The summed E-state index contributed by atoms with van der Waals surface area (Å²) >= 11 is 0. The van der Waals surface area contributed by atoms with Crippen molar-refractivity contribution in [2.45, 2.75) is 44.8 Å². The van der Waals surface area contributed by atoms with Crippen LogP contribution in [0.15, 0.2) is 6.07 Å². The SMILES string of the molecule is C[C@@H](NC(=O)c1cc(C(F)(F)F)n(C)n1)[C@@H]1C[C@H]2CC[C@H]1C2. The largest absolute Gasteiger partial charge is 0.433 e. The third kappa shape index (κ3) is 2.73. The quantitative estimate of drug-likeness (QED) is 0.932. The van der Waals surface area contributed by atoms with Crippen molar-refractivity contribution < 1.29 is 18.0 Å². The fraction of sp³-hybridized carbons (Fsp3) is 0.733. The van der Waals surface area contributed by atoms with Crippen LogP contribution in [0.1, 0.15) is 48.8 Å². The van der Waals surface area contributed by atoms with Gasteiger partial charge in [0.15, 0.2) is 5.69 Å². The Morgan fingerprint density at radius 3 is 2.64 bits per heavy atom. The molecule has 0 saturated heterocycles. The van der Waals surface area contributed by atoms with Gasteiger partial charge in [-0.15, -0.1) is 0 Å². The number of carbonyl (C=O) groups excluding carboxylic acids is 1. The van der Waals surface area contributed by atoms with Crippen LogP contribution in [0.25, 0.3) is 0 Å². The highest BCUT2D eigenvalue weighted by molar-refractivity contribution is 5.92. The van der Waals surface area contributed by atoms with Crippen LogP contribution in [0.5, 0.6) is 0 Å². The molecule has 7 heteroatoms. The smallest absolute Gasteiger partial charge is 0.348 e. The first-order valence-corrected chi connectivity index (χ1v) is 7.68. The Morgan fingerprint density at radius 2 is 2.14 bits per heavy atom. The highest BCUT2D eigenvalue weighted by Gasteiger charge is 2.42. The zero-order valence-corrected chi connectivity index (χ0v) is 12.7. The average molecular weight is 315 g/mol. The molecule has 0 spiro atoms. The van der Waals surface area contributed by atoms with Crippen LogP contribution in [0.3, 0.4) is 0 Å². The maximum atomic E-state index is 12.7. The molecule has 1 aromatic heterocycles. The van der Waals surface area contributed by atoms with Gasteiger partial charge in [0.2, 0.25) is 0 Å². The third-order valence-corrected chi connectivity index (χ3v) is 5.20. The van der Waals surface area contributed by atoms with Crippen molar-refractivity contribution in [2.24, 2.45) is 24.8 Å². The molecule has 1 amide bonds.